The van der Waals surface area contributed by atoms with E-state index in [9.17, 15) is 4.79 Å². The molecule has 102 valence electrons. The molecular formula is C16H17N3O. The van der Waals surface area contributed by atoms with Crippen LogP contribution in [0.25, 0.3) is 0 Å². The van der Waals surface area contributed by atoms with Gasteiger partial charge in [0.15, 0.2) is 0 Å². The maximum atomic E-state index is 12.7. The first-order valence-electron chi connectivity index (χ1n) is 7.14. The van der Waals surface area contributed by atoms with Gasteiger partial charge in [-0.15, -0.1) is 0 Å². The van der Waals surface area contributed by atoms with Crippen LogP contribution in [-0.4, -0.2) is 33.7 Å². The van der Waals surface area contributed by atoms with Crippen molar-refractivity contribution in [3.8, 4) is 0 Å². The van der Waals surface area contributed by atoms with Gasteiger partial charge in [-0.2, -0.15) is 5.10 Å². The standard InChI is InChI=1S/C16H17N3O/c20-15(16(7-8-16)13-5-2-1-3-6-13)18-11-14(12-18)19-10-4-9-17-19/h1-6,9-10,14H,7-8,11-12H2. The molecule has 0 spiro atoms. The average molecular weight is 267 g/mol. The molecular weight excluding hydrogens is 250 g/mol. The Bertz CT molecular complexity index is 610. The topological polar surface area (TPSA) is 38.1 Å². The summed E-state index contributed by atoms with van der Waals surface area (Å²) >= 11 is 0. The van der Waals surface area contributed by atoms with E-state index in [4.69, 9.17) is 0 Å². The Labute approximate surface area is 118 Å². The highest BCUT2D eigenvalue weighted by atomic mass is 16.2. The summed E-state index contributed by atoms with van der Waals surface area (Å²) in [6.07, 6.45) is 5.73. The number of benzene rings is 1. The molecule has 2 heterocycles. The number of amides is 1. The number of rotatable bonds is 3. The highest BCUT2D eigenvalue weighted by molar-refractivity contribution is 5.91. The Morgan fingerprint density at radius 1 is 1.15 bits per heavy atom. The van der Waals surface area contributed by atoms with Crippen LogP contribution in [0.2, 0.25) is 0 Å². The van der Waals surface area contributed by atoms with Crippen LogP contribution in [0.3, 0.4) is 0 Å². The summed E-state index contributed by atoms with van der Waals surface area (Å²) in [6.45, 7) is 1.57. The van der Waals surface area contributed by atoms with Crippen molar-refractivity contribution >= 4 is 5.91 Å². The van der Waals surface area contributed by atoms with Crippen LogP contribution >= 0.6 is 0 Å². The van der Waals surface area contributed by atoms with Crippen molar-refractivity contribution in [3.63, 3.8) is 0 Å². The van der Waals surface area contributed by atoms with Crippen molar-refractivity contribution < 1.29 is 4.79 Å². The normalized spacial score (nSPS) is 20.5. The Hall–Kier alpha value is -2.10. The van der Waals surface area contributed by atoms with Gasteiger partial charge in [0.05, 0.1) is 11.5 Å². The summed E-state index contributed by atoms with van der Waals surface area (Å²) in [5.74, 6) is 0.298. The van der Waals surface area contributed by atoms with Gasteiger partial charge in [0.2, 0.25) is 5.91 Å². The van der Waals surface area contributed by atoms with Gasteiger partial charge in [-0.1, -0.05) is 30.3 Å². The molecule has 2 aromatic rings. The second-order valence-corrected chi connectivity index (χ2v) is 5.80. The van der Waals surface area contributed by atoms with Gasteiger partial charge in [-0.05, 0) is 24.5 Å². The zero-order chi connectivity index (χ0) is 13.6. The average Bonchev–Trinajstić information content (AvgIpc) is 3.09. The van der Waals surface area contributed by atoms with E-state index in [1.54, 1.807) is 6.20 Å². The predicted molar refractivity (Wildman–Crippen MR) is 75.2 cm³/mol. The molecule has 1 saturated heterocycles. The molecule has 1 aromatic heterocycles. The van der Waals surface area contributed by atoms with Crippen LogP contribution in [0.5, 0.6) is 0 Å². The zero-order valence-electron chi connectivity index (χ0n) is 11.3. The van der Waals surface area contributed by atoms with Crippen LogP contribution in [0.4, 0.5) is 0 Å². The van der Waals surface area contributed by atoms with Crippen LogP contribution in [0, 0.1) is 0 Å². The number of carbonyl (C=O) groups is 1. The van der Waals surface area contributed by atoms with Gasteiger partial charge in [-0.25, -0.2) is 0 Å². The van der Waals surface area contributed by atoms with E-state index in [1.165, 1.54) is 5.56 Å². The van der Waals surface area contributed by atoms with Gasteiger partial charge >= 0.3 is 0 Å². The number of carbonyl (C=O) groups excluding carboxylic acids is 1. The van der Waals surface area contributed by atoms with Crippen molar-refractivity contribution in [1.82, 2.24) is 14.7 Å². The predicted octanol–water partition coefficient (Wildman–Crippen LogP) is 2.00. The fourth-order valence-electron chi connectivity index (χ4n) is 3.10. The summed E-state index contributed by atoms with van der Waals surface area (Å²) < 4.78 is 1.95. The largest absolute Gasteiger partial charge is 0.337 e. The van der Waals surface area contributed by atoms with Gasteiger partial charge in [-0.3, -0.25) is 9.48 Å². The summed E-state index contributed by atoms with van der Waals surface area (Å²) in [6, 6.07) is 12.5. The first kappa shape index (κ1) is 11.7. The van der Waals surface area contributed by atoms with Crippen molar-refractivity contribution in [1.29, 1.82) is 0 Å². The van der Waals surface area contributed by atoms with E-state index < -0.39 is 0 Å². The number of likely N-dealkylation sites (tertiary alicyclic amines) is 1. The molecule has 1 aliphatic carbocycles. The molecule has 0 atom stereocenters. The smallest absolute Gasteiger partial charge is 0.233 e. The molecule has 0 N–H and O–H groups in total. The molecule has 1 aromatic carbocycles. The quantitative estimate of drug-likeness (QED) is 0.853. The lowest BCUT2D eigenvalue weighted by Crippen LogP contribution is -2.54. The Morgan fingerprint density at radius 3 is 2.50 bits per heavy atom. The molecule has 4 rings (SSSR count). The maximum Gasteiger partial charge on any atom is 0.233 e. The molecule has 4 nitrogen and oxygen atoms in total. The summed E-state index contributed by atoms with van der Waals surface area (Å²) in [5, 5.41) is 4.25. The van der Waals surface area contributed by atoms with Crippen LogP contribution < -0.4 is 0 Å². The number of hydrogen-bond acceptors (Lipinski definition) is 2. The first-order chi connectivity index (χ1) is 9.79. The van der Waals surface area contributed by atoms with Crippen LogP contribution in [-0.2, 0) is 10.2 Å². The van der Waals surface area contributed by atoms with E-state index in [0.29, 0.717) is 11.9 Å². The molecule has 2 fully saturated rings. The molecule has 20 heavy (non-hydrogen) atoms. The third-order valence-electron chi connectivity index (χ3n) is 4.53. The van der Waals surface area contributed by atoms with Crippen LogP contribution in [0.1, 0.15) is 24.4 Å². The maximum absolute atomic E-state index is 12.7. The Kier molecular flexibility index (Phi) is 2.46. The number of hydrogen-bond donors (Lipinski definition) is 0. The minimum absolute atomic E-state index is 0.226. The highest BCUT2D eigenvalue weighted by Gasteiger charge is 2.54. The van der Waals surface area contributed by atoms with E-state index in [-0.39, 0.29) is 5.41 Å². The van der Waals surface area contributed by atoms with Gasteiger partial charge in [0, 0.05) is 25.5 Å². The van der Waals surface area contributed by atoms with Crippen molar-refractivity contribution in [2.45, 2.75) is 24.3 Å². The minimum Gasteiger partial charge on any atom is -0.337 e. The molecule has 2 aliphatic rings. The van der Waals surface area contributed by atoms with E-state index in [2.05, 4.69) is 17.2 Å². The molecule has 0 radical (unpaired) electrons. The molecule has 4 heteroatoms. The fraction of sp³-hybridized carbons (Fsp3) is 0.375. The summed E-state index contributed by atoms with van der Waals surface area (Å²) in [7, 11) is 0. The second kappa shape index (κ2) is 4.20. The van der Waals surface area contributed by atoms with Crippen molar-refractivity contribution in [2.24, 2.45) is 0 Å². The van der Waals surface area contributed by atoms with E-state index in [0.717, 1.165) is 25.9 Å². The lowest BCUT2D eigenvalue weighted by atomic mass is 9.92. The van der Waals surface area contributed by atoms with Gasteiger partial charge in [0.25, 0.3) is 0 Å². The summed E-state index contributed by atoms with van der Waals surface area (Å²) in [5.41, 5.74) is 0.948. The number of aromatic nitrogens is 2. The molecule has 1 amide bonds. The lowest BCUT2D eigenvalue weighted by Gasteiger charge is -2.41. The fourth-order valence-corrected chi connectivity index (χ4v) is 3.10. The summed E-state index contributed by atoms with van der Waals surface area (Å²) in [4.78, 5) is 14.7. The molecule has 1 aliphatic heterocycles. The van der Waals surface area contributed by atoms with Crippen molar-refractivity contribution in [2.75, 3.05) is 13.1 Å². The van der Waals surface area contributed by atoms with Gasteiger partial charge in [0.1, 0.15) is 0 Å². The molecule has 0 bridgehead atoms. The minimum atomic E-state index is -0.226. The highest BCUT2D eigenvalue weighted by Crippen LogP contribution is 2.50. The van der Waals surface area contributed by atoms with E-state index >= 15 is 0 Å². The van der Waals surface area contributed by atoms with Crippen molar-refractivity contribution in [3.05, 3.63) is 54.4 Å². The van der Waals surface area contributed by atoms with Crippen LogP contribution in [0.15, 0.2) is 48.8 Å². The zero-order valence-corrected chi connectivity index (χ0v) is 11.3. The Balaban J connectivity index is 1.47. The molecule has 0 unspecified atom stereocenters. The number of nitrogens with zero attached hydrogens (tertiary/aromatic N) is 3. The third-order valence-corrected chi connectivity index (χ3v) is 4.53. The second-order valence-electron chi connectivity index (χ2n) is 5.80. The lowest BCUT2D eigenvalue weighted by molar-refractivity contribution is -0.140. The monoisotopic (exact) mass is 267 g/mol. The SMILES string of the molecule is O=C(N1CC(n2cccn2)C1)C1(c2ccccc2)CC1. The first-order valence-corrected chi connectivity index (χ1v) is 7.14. The van der Waals surface area contributed by atoms with Gasteiger partial charge < -0.3 is 4.90 Å². The Morgan fingerprint density at radius 2 is 1.90 bits per heavy atom. The molecule has 1 saturated carbocycles. The van der Waals surface area contributed by atoms with E-state index in [1.807, 2.05) is 40.0 Å². The third kappa shape index (κ3) is 1.68.